The molecule has 4 nitrogen and oxygen atoms in total. The number of hydrogen-bond acceptors (Lipinski definition) is 3. The van der Waals surface area contributed by atoms with Gasteiger partial charge < -0.3 is 9.32 Å². The van der Waals surface area contributed by atoms with Crippen LogP contribution in [0.15, 0.2) is 29.0 Å². The largest absolute Gasteiger partial charge is 0.443 e. The molecule has 0 aliphatic rings. The molecule has 0 saturated heterocycles. The van der Waals surface area contributed by atoms with Gasteiger partial charge in [-0.05, 0) is 31.5 Å². The van der Waals surface area contributed by atoms with Crippen LogP contribution >= 0.6 is 0 Å². The lowest BCUT2D eigenvalue weighted by atomic mass is 10.1. The molecule has 0 fully saturated rings. The summed E-state index contributed by atoms with van der Waals surface area (Å²) < 4.78 is 5.22. The molecule has 0 N–H and O–H groups in total. The third kappa shape index (κ3) is 2.46. The van der Waals surface area contributed by atoms with Gasteiger partial charge in [0.05, 0.1) is 6.42 Å². The van der Waals surface area contributed by atoms with Crippen LogP contribution in [0.5, 0.6) is 0 Å². The van der Waals surface area contributed by atoms with Gasteiger partial charge in [-0.1, -0.05) is 6.07 Å². The number of amides is 1. The second-order valence-corrected chi connectivity index (χ2v) is 3.90. The highest BCUT2D eigenvalue weighted by atomic mass is 16.3. The zero-order valence-electron chi connectivity index (χ0n) is 10.1. The Morgan fingerprint density at radius 2 is 2.12 bits per heavy atom. The van der Waals surface area contributed by atoms with Crippen molar-refractivity contribution in [1.82, 2.24) is 9.88 Å². The average Bonchev–Trinajstić information content (AvgIpc) is 2.77. The van der Waals surface area contributed by atoms with Crippen molar-refractivity contribution in [3.8, 4) is 0 Å². The minimum Gasteiger partial charge on any atom is -0.443 e. The molecule has 1 heterocycles. The first kappa shape index (κ1) is 11.6. The third-order valence-electron chi connectivity index (χ3n) is 2.87. The highest BCUT2D eigenvalue weighted by Gasteiger charge is 2.11. The lowest BCUT2D eigenvalue weighted by Gasteiger charge is -2.18. The highest BCUT2D eigenvalue weighted by Crippen LogP contribution is 2.15. The molecule has 90 valence electrons. The van der Waals surface area contributed by atoms with Gasteiger partial charge in [0.25, 0.3) is 0 Å². The summed E-state index contributed by atoms with van der Waals surface area (Å²) in [5.74, 6) is 0.147. The SMILES string of the molecule is CCN(CC)C(=O)Cc1ccc2ncoc2c1. The van der Waals surface area contributed by atoms with Gasteiger partial charge in [-0.3, -0.25) is 4.79 Å². The fourth-order valence-electron chi connectivity index (χ4n) is 1.87. The number of aromatic nitrogens is 1. The van der Waals surface area contributed by atoms with Gasteiger partial charge in [0.15, 0.2) is 12.0 Å². The Bertz CT molecular complexity index is 515. The molecule has 0 unspecified atom stereocenters. The molecule has 0 saturated carbocycles. The van der Waals surface area contributed by atoms with Crippen molar-refractivity contribution in [2.75, 3.05) is 13.1 Å². The summed E-state index contributed by atoms with van der Waals surface area (Å²) in [5.41, 5.74) is 2.52. The van der Waals surface area contributed by atoms with Crippen LogP contribution in [0.4, 0.5) is 0 Å². The van der Waals surface area contributed by atoms with Crippen molar-refractivity contribution in [3.63, 3.8) is 0 Å². The summed E-state index contributed by atoms with van der Waals surface area (Å²) in [6.07, 6.45) is 1.83. The van der Waals surface area contributed by atoms with E-state index in [1.165, 1.54) is 6.39 Å². The van der Waals surface area contributed by atoms with Crippen LogP contribution in [0.25, 0.3) is 11.1 Å². The summed E-state index contributed by atoms with van der Waals surface area (Å²) in [6.45, 7) is 5.47. The maximum atomic E-state index is 11.9. The van der Waals surface area contributed by atoms with Gasteiger partial charge in [0, 0.05) is 13.1 Å². The number of rotatable bonds is 4. The molecule has 0 radical (unpaired) electrons. The number of likely N-dealkylation sites (N-methyl/N-ethyl adjacent to an activating group) is 1. The average molecular weight is 232 g/mol. The minimum atomic E-state index is 0.147. The van der Waals surface area contributed by atoms with E-state index in [2.05, 4.69) is 4.98 Å². The monoisotopic (exact) mass is 232 g/mol. The molecule has 4 heteroatoms. The Hall–Kier alpha value is -1.84. The van der Waals surface area contributed by atoms with Gasteiger partial charge >= 0.3 is 0 Å². The summed E-state index contributed by atoms with van der Waals surface area (Å²) in [7, 11) is 0. The van der Waals surface area contributed by atoms with E-state index in [9.17, 15) is 4.79 Å². The maximum Gasteiger partial charge on any atom is 0.226 e. The van der Waals surface area contributed by atoms with Crippen LogP contribution < -0.4 is 0 Å². The van der Waals surface area contributed by atoms with Crippen molar-refractivity contribution in [2.24, 2.45) is 0 Å². The molecule has 1 amide bonds. The predicted molar refractivity (Wildman–Crippen MR) is 65.6 cm³/mol. The van der Waals surface area contributed by atoms with Crippen LogP contribution in [0, 0.1) is 0 Å². The van der Waals surface area contributed by atoms with Crippen LogP contribution in [0.3, 0.4) is 0 Å². The summed E-state index contributed by atoms with van der Waals surface area (Å²) in [4.78, 5) is 17.8. The fraction of sp³-hybridized carbons (Fsp3) is 0.385. The van der Waals surface area contributed by atoms with Crippen molar-refractivity contribution in [1.29, 1.82) is 0 Å². The van der Waals surface area contributed by atoms with Crippen LogP contribution in [0.2, 0.25) is 0 Å². The first-order chi connectivity index (χ1) is 8.24. The van der Waals surface area contributed by atoms with Gasteiger partial charge in [-0.2, -0.15) is 0 Å². The smallest absolute Gasteiger partial charge is 0.226 e. The van der Waals surface area contributed by atoms with Gasteiger partial charge in [0.1, 0.15) is 5.52 Å². The molecule has 2 aromatic rings. The molecule has 1 aromatic heterocycles. The summed E-state index contributed by atoms with van der Waals surface area (Å²) in [6, 6.07) is 5.68. The van der Waals surface area contributed by atoms with E-state index in [-0.39, 0.29) is 5.91 Å². The molecular weight excluding hydrogens is 216 g/mol. The quantitative estimate of drug-likeness (QED) is 0.812. The number of fused-ring (bicyclic) bond motifs is 1. The zero-order valence-corrected chi connectivity index (χ0v) is 10.1. The van der Waals surface area contributed by atoms with E-state index < -0.39 is 0 Å². The Morgan fingerprint density at radius 3 is 2.82 bits per heavy atom. The van der Waals surface area contributed by atoms with Gasteiger partial charge in [-0.15, -0.1) is 0 Å². The molecular formula is C13H16N2O2. The second kappa shape index (κ2) is 4.99. The highest BCUT2D eigenvalue weighted by molar-refractivity contribution is 5.81. The number of nitrogens with zero attached hydrogens (tertiary/aromatic N) is 2. The molecule has 1 aromatic carbocycles. The Morgan fingerprint density at radius 1 is 1.35 bits per heavy atom. The molecule has 0 atom stereocenters. The Kier molecular flexibility index (Phi) is 3.42. The number of benzene rings is 1. The topological polar surface area (TPSA) is 46.3 Å². The normalized spacial score (nSPS) is 10.7. The molecule has 0 aliphatic heterocycles. The first-order valence-electron chi connectivity index (χ1n) is 5.84. The third-order valence-corrected chi connectivity index (χ3v) is 2.87. The zero-order chi connectivity index (χ0) is 12.3. The van der Waals surface area contributed by atoms with Crippen LogP contribution in [0.1, 0.15) is 19.4 Å². The van der Waals surface area contributed by atoms with Crippen molar-refractivity contribution < 1.29 is 9.21 Å². The van der Waals surface area contributed by atoms with E-state index in [1.54, 1.807) is 0 Å². The predicted octanol–water partition coefficient (Wildman–Crippen LogP) is 2.24. The second-order valence-electron chi connectivity index (χ2n) is 3.90. The maximum absolute atomic E-state index is 11.9. The van der Waals surface area contributed by atoms with Crippen molar-refractivity contribution in [3.05, 3.63) is 30.2 Å². The first-order valence-corrected chi connectivity index (χ1v) is 5.84. The van der Waals surface area contributed by atoms with Crippen molar-refractivity contribution in [2.45, 2.75) is 20.3 Å². The van der Waals surface area contributed by atoms with E-state index in [0.717, 1.165) is 29.8 Å². The van der Waals surface area contributed by atoms with E-state index in [4.69, 9.17) is 4.42 Å². The number of oxazole rings is 1. The fourth-order valence-corrected chi connectivity index (χ4v) is 1.87. The van der Waals surface area contributed by atoms with Crippen molar-refractivity contribution >= 4 is 17.0 Å². The van der Waals surface area contributed by atoms with E-state index >= 15 is 0 Å². The number of carbonyl (C=O) groups excluding carboxylic acids is 1. The molecule has 0 spiro atoms. The minimum absolute atomic E-state index is 0.147. The van der Waals surface area contributed by atoms with E-state index in [0.29, 0.717) is 6.42 Å². The number of carbonyl (C=O) groups is 1. The standard InChI is InChI=1S/C13H16N2O2/c1-3-15(4-2)13(16)8-10-5-6-11-12(7-10)17-9-14-11/h5-7,9H,3-4,8H2,1-2H3. The molecule has 17 heavy (non-hydrogen) atoms. The van der Waals surface area contributed by atoms with Crippen LogP contribution in [-0.4, -0.2) is 28.9 Å². The Balaban J connectivity index is 2.14. The molecule has 0 bridgehead atoms. The summed E-state index contributed by atoms with van der Waals surface area (Å²) >= 11 is 0. The van der Waals surface area contributed by atoms with Gasteiger partial charge in [0.2, 0.25) is 5.91 Å². The van der Waals surface area contributed by atoms with E-state index in [1.807, 2.05) is 36.9 Å². The van der Waals surface area contributed by atoms with Gasteiger partial charge in [-0.25, -0.2) is 4.98 Å². The number of hydrogen-bond donors (Lipinski definition) is 0. The summed E-state index contributed by atoms with van der Waals surface area (Å²) in [5, 5.41) is 0. The molecule has 2 rings (SSSR count). The lowest BCUT2D eigenvalue weighted by molar-refractivity contribution is -0.130. The molecule has 0 aliphatic carbocycles. The Labute approximate surface area is 100 Å². The van der Waals surface area contributed by atoms with Crippen LogP contribution in [-0.2, 0) is 11.2 Å². The lowest BCUT2D eigenvalue weighted by Crippen LogP contribution is -2.31.